The van der Waals surface area contributed by atoms with E-state index in [0.29, 0.717) is 24.4 Å². The second-order valence-electron chi connectivity index (χ2n) is 5.56. The molecule has 2 saturated heterocycles. The molecule has 104 valence electrons. The van der Waals surface area contributed by atoms with Crippen molar-refractivity contribution in [3.63, 3.8) is 0 Å². The molecule has 2 aliphatic rings. The van der Waals surface area contributed by atoms with Crippen LogP contribution in [-0.2, 0) is 6.54 Å². The zero-order valence-corrected chi connectivity index (χ0v) is 10.6. The third kappa shape index (κ3) is 2.62. The Balaban J connectivity index is 1.70. The molecule has 19 heavy (non-hydrogen) atoms. The van der Waals surface area contributed by atoms with Crippen LogP contribution in [0.4, 0.5) is 13.2 Å². The number of likely N-dealkylation sites (tertiary alicyclic amines) is 1. The van der Waals surface area contributed by atoms with Crippen LogP contribution in [-0.4, -0.2) is 31.1 Å². The summed E-state index contributed by atoms with van der Waals surface area (Å²) in [7, 11) is 0. The molecule has 1 aromatic rings. The number of hydrogen-bond donors (Lipinski definition) is 1. The van der Waals surface area contributed by atoms with Gasteiger partial charge in [-0.05, 0) is 44.0 Å². The second-order valence-corrected chi connectivity index (χ2v) is 5.56. The molecule has 0 spiro atoms. The molecule has 2 fully saturated rings. The summed E-state index contributed by atoms with van der Waals surface area (Å²) in [5.74, 6) is -1.45. The van der Waals surface area contributed by atoms with Crippen LogP contribution in [0.5, 0.6) is 0 Å². The van der Waals surface area contributed by atoms with Crippen molar-refractivity contribution >= 4 is 0 Å². The molecule has 1 aromatic carbocycles. The molecule has 2 nitrogen and oxygen atoms in total. The number of hydrogen-bond acceptors (Lipinski definition) is 2. The van der Waals surface area contributed by atoms with Crippen molar-refractivity contribution in [2.75, 3.05) is 26.2 Å². The van der Waals surface area contributed by atoms with E-state index in [0.717, 1.165) is 38.7 Å². The molecule has 2 atom stereocenters. The van der Waals surface area contributed by atoms with Gasteiger partial charge in [0.1, 0.15) is 5.82 Å². The van der Waals surface area contributed by atoms with Crippen LogP contribution in [0.1, 0.15) is 12.0 Å². The first kappa shape index (κ1) is 12.9. The van der Waals surface area contributed by atoms with E-state index < -0.39 is 17.5 Å². The highest BCUT2D eigenvalue weighted by Gasteiger charge is 2.32. The van der Waals surface area contributed by atoms with E-state index in [2.05, 4.69) is 10.2 Å². The molecular formula is C14H17F3N2. The third-order valence-electron chi connectivity index (χ3n) is 4.27. The van der Waals surface area contributed by atoms with Gasteiger partial charge >= 0.3 is 0 Å². The van der Waals surface area contributed by atoms with Crippen molar-refractivity contribution in [2.45, 2.75) is 13.0 Å². The number of nitrogens with one attached hydrogen (secondary N) is 1. The SMILES string of the molecule is Fc1cc(F)c(CN2CCC3CNCC3C2)cc1F. The Morgan fingerprint density at radius 2 is 1.79 bits per heavy atom. The molecule has 1 N–H and O–H groups in total. The Morgan fingerprint density at radius 1 is 1.05 bits per heavy atom. The quantitative estimate of drug-likeness (QED) is 0.828. The lowest BCUT2D eigenvalue weighted by Gasteiger charge is -2.34. The zero-order chi connectivity index (χ0) is 13.4. The highest BCUT2D eigenvalue weighted by molar-refractivity contribution is 5.20. The van der Waals surface area contributed by atoms with Gasteiger partial charge in [-0.1, -0.05) is 0 Å². The fourth-order valence-corrected chi connectivity index (χ4v) is 3.18. The maximum atomic E-state index is 13.6. The average Bonchev–Trinajstić information content (AvgIpc) is 2.83. The molecule has 0 aliphatic carbocycles. The minimum absolute atomic E-state index is 0.239. The molecule has 2 aliphatic heterocycles. The van der Waals surface area contributed by atoms with Gasteiger partial charge in [0.15, 0.2) is 11.6 Å². The van der Waals surface area contributed by atoms with Gasteiger partial charge in [-0.3, -0.25) is 4.90 Å². The topological polar surface area (TPSA) is 15.3 Å². The predicted molar refractivity (Wildman–Crippen MR) is 66.1 cm³/mol. The van der Waals surface area contributed by atoms with E-state index in [1.807, 2.05) is 0 Å². The van der Waals surface area contributed by atoms with Gasteiger partial charge in [-0.25, -0.2) is 13.2 Å². The van der Waals surface area contributed by atoms with Crippen LogP contribution < -0.4 is 5.32 Å². The number of benzene rings is 1. The largest absolute Gasteiger partial charge is 0.316 e. The molecule has 3 rings (SSSR count). The minimum Gasteiger partial charge on any atom is -0.316 e. The molecule has 0 aromatic heterocycles. The van der Waals surface area contributed by atoms with Crippen LogP contribution >= 0.6 is 0 Å². The number of rotatable bonds is 2. The molecule has 2 heterocycles. The summed E-state index contributed by atoms with van der Waals surface area (Å²) < 4.78 is 39.6. The molecule has 0 saturated carbocycles. The first-order chi connectivity index (χ1) is 9.13. The van der Waals surface area contributed by atoms with E-state index in [4.69, 9.17) is 0 Å². The van der Waals surface area contributed by atoms with Gasteiger partial charge in [0.2, 0.25) is 0 Å². The van der Waals surface area contributed by atoms with Gasteiger partial charge in [-0.2, -0.15) is 0 Å². The van der Waals surface area contributed by atoms with Crippen molar-refractivity contribution in [1.82, 2.24) is 10.2 Å². The lowest BCUT2D eigenvalue weighted by atomic mass is 9.88. The number of halogens is 3. The van der Waals surface area contributed by atoms with Crippen molar-refractivity contribution in [1.29, 1.82) is 0 Å². The van der Waals surface area contributed by atoms with Crippen LogP contribution in [0.3, 0.4) is 0 Å². The number of fused-ring (bicyclic) bond motifs is 1. The van der Waals surface area contributed by atoms with Crippen molar-refractivity contribution < 1.29 is 13.2 Å². The highest BCUT2D eigenvalue weighted by atomic mass is 19.2. The van der Waals surface area contributed by atoms with E-state index >= 15 is 0 Å². The first-order valence-corrected chi connectivity index (χ1v) is 6.70. The molecule has 0 radical (unpaired) electrons. The minimum atomic E-state index is -1.13. The molecule has 5 heteroatoms. The smallest absolute Gasteiger partial charge is 0.161 e. The summed E-state index contributed by atoms with van der Waals surface area (Å²) in [4.78, 5) is 2.13. The van der Waals surface area contributed by atoms with E-state index in [1.54, 1.807) is 0 Å². The van der Waals surface area contributed by atoms with Crippen molar-refractivity contribution in [2.24, 2.45) is 11.8 Å². The summed E-state index contributed by atoms with van der Waals surface area (Å²) >= 11 is 0. The van der Waals surface area contributed by atoms with Crippen molar-refractivity contribution in [3.8, 4) is 0 Å². The Bertz CT molecular complexity index is 478. The van der Waals surface area contributed by atoms with Gasteiger partial charge < -0.3 is 5.32 Å². The Kier molecular flexibility index (Phi) is 3.50. The van der Waals surface area contributed by atoms with Crippen LogP contribution in [0.25, 0.3) is 0 Å². The van der Waals surface area contributed by atoms with E-state index in [1.165, 1.54) is 0 Å². The van der Waals surface area contributed by atoms with Crippen LogP contribution in [0, 0.1) is 29.3 Å². The van der Waals surface area contributed by atoms with Gasteiger partial charge in [0.05, 0.1) is 0 Å². The lowest BCUT2D eigenvalue weighted by molar-refractivity contribution is 0.140. The summed E-state index contributed by atoms with van der Waals surface area (Å²) in [6.07, 6.45) is 1.09. The normalized spacial score (nSPS) is 27.5. The fraction of sp³-hybridized carbons (Fsp3) is 0.571. The first-order valence-electron chi connectivity index (χ1n) is 6.70. The lowest BCUT2D eigenvalue weighted by Crippen LogP contribution is -2.39. The number of nitrogens with zero attached hydrogens (tertiary/aromatic N) is 1. The van der Waals surface area contributed by atoms with E-state index in [-0.39, 0.29) is 5.56 Å². The molecule has 2 unspecified atom stereocenters. The summed E-state index contributed by atoms with van der Waals surface area (Å²) in [5, 5.41) is 3.37. The Hall–Kier alpha value is -1.07. The van der Waals surface area contributed by atoms with Crippen molar-refractivity contribution in [3.05, 3.63) is 35.1 Å². The summed E-state index contributed by atoms with van der Waals surface area (Å²) in [5.41, 5.74) is 0.239. The average molecular weight is 270 g/mol. The van der Waals surface area contributed by atoms with Crippen LogP contribution in [0.2, 0.25) is 0 Å². The predicted octanol–water partition coefficient (Wildman–Crippen LogP) is 2.15. The standard InChI is InChI=1S/C14H17F3N2/c15-12-4-14(17)13(16)3-10(12)7-19-2-1-9-5-18-6-11(9)8-19/h3-4,9,11,18H,1-2,5-8H2. The van der Waals surface area contributed by atoms with Gasteiger partial charge in [0.25, 0.3) is 0 Å². The van der Waals surface area contributed by atoms with Gasteiger partial charge in [0, 0.05) is 24.7 Å². The van der Waals surface area contributed by atoms with Gasteiger partial charge in [-0.15, -0.1) is 0 Å². The second kappa shape index (κ2) is 5.13. The maximum Gasteiger partial charge on any atom is 0.161 e. The highest BCUT2D eigenvalue weighted by Crippen LogP contribution is 2.27. The Labute approximate surface area is 110 Å². The maximum absolute atomic E-state index is 13.6. The molecular weight excluding hydrogens is 253 g/mol. The fourth-order valence-electron chi connectivity index (χ4n) is 3.18. The monoisotopic (exact) mass is 270 g/mol. The van der Waals surface area contributed by atoms with E-state index in [9.17, 15) is 13.2 Å². The number of piperidine rings is 1. The Morgan fingerprint density at radius 3 is 2.63 bits per heavy atom. The van der Waals surface area contributed by atoms with Crippen LogP contribution in [0.15, 0.2) is 12.1 Å². The molecule has 0 amide bonds. The third-order valence-corrected chi connectivity index (χ3v) is 4.27. The molecule has 0 bridgehead atoms. The summed E-state index contributed by atoms with van der Waals surface area (Å²) in [6.45, 7) is 4.21. The summed E-state index contributed by atoms with van der Waals surface area (Å²) in [6, 6.07) is 1.61. The zero-order valence-electron chi connectivity index (χ0n) is 10.6.